The first-order chi connectivity index (χ1) is 16.5. The molecule has 2 aromatic carbocycles. The molecule has 1 aromatic heterocycles. The second-order valence-corrected chi connectivity index (χ2v) is 8.26. The Kier molecular flexibility index (Phi) is 5.57. The summed E-state index contributed by atoms with van der Waals surface area (Å²) < 4.78 is 22.4. The molecular formula is C26H24FN3O4. The fraction of sp³-hybridized carbons (Fsp3) is 0.231. The summed E-state index contributed by atoms with van der Waals surface area (Å²) in [6.45, 7) is 2.22. The molecule has 2 bridgehead atoms. The average molecular weight is 461 g/mol. The highest BCUT2D eigenvalue weighted by atomic mass is 19.1. The Morgan fingerprint density at radius 3 is 2.65 bits per heavy atom. The minimum absolute atomic E-state index is 0.117. The largest absolute Gasteiger partial charge is 0.502 e. The lowest BCUT2D eigenvalue weighted by Gasteiger charge is -2.45. The number of halogens is 1. The van der Waals surface area contributed by atoms with Crippen LogP contribution in [-0.4, -0.2) is 39.9 Å². The number of nitrogens with zero attached hydrogens (tertiary/aromatic N) is 3. The van der Waals surface area contributed by atoms with Gasteiger partial charge in [-0.15, -0.1) is 0 Å². The molecule has 2 aliphatic heterocycles. The quantitative estimate of drug-likeness (QED) is 0.591. The van der Waals surface area contributed by atoms with E-state index in [1.54, 1.807) is 23.1 Å². The van der Waals surface area contributed by atoms with Crippen molar-refractivity contribution in [3.8, 4) is 11.5 Å². The molecule has 2 unspecified atom stereocenters. The lowest BCUT2D eigenvalue weighted by molar-refractivity contribution is 0.0626. The maximum atomic E-state index is 15.0. The van der Waals surface area contributed by atoms with E-state index in [0.717, 1.165) is 5.56 Å². The monoisotopic (exact) mass is 461 g/mol. The first kappa shape index (κ1) is 21.8. The molecule has 0 saturated heterocycles. The first-order valence-electron chi connectivity index (χ1n) is 11.2. The second kappa shape index (κ2) is 8.70. The fourth-order valence-electron chi connectivity index (χ4n) is 4.66. The van der Waals surface area contributed by atoms with Gasteiger partial charge in [0.05, 0.1) is 6.04 Å². The third kappa shape index (κ3) is 3.51. The van der Waals surface area contributed by atoms with Gasteiger partial charge in [0.2, 0.25) is 5.43 Å². The van der Waals surface area contributed by atoms with Crippen LogP contribution in [0.2, 0.25) is 0 Å². The summed E-state index contributed by atoms with van der Waals surface area (Å²) in [6, 6.07) is 14.6. The van der Waals surface area contributed by atoms with E-state index >= 15 is 4.39 Å². The molecule has 0 radical (unpaired) electrons. The van der Waals surface area contributed by atoms with Gasteiger partial charge in [-0.3, -0.25) is 19.3 Å². The first-order valence-corrected chi connectivity index (χ1v) is 11.2. The lowest BCUT2D eigenvalue weighted by Crippen LogP contribution is -2.57. The molecule has 1 N–H and O–H groups in total. The van der Waals surface area contributed by atoms with Crippen LogP contribution in [0.5, 0.6) is 11.5 Å². The van der Waals surface area contributed by atoms with E-state index in [1.165, 1.54) is 23.0 Å². The van der Waals surface area contributed by atoms with E-state index in [9.17, 15) is 14.7 Å². The Morgan fingerprint density at radius 2 is 1.88 bits per heavy atom. The predicted molar refractivity (Wildman–Crippen MR) is 125 cm³/mol. The van der Waals surface area contributed by atoms with Gasteiger partial charge in [-0.2, -0.15) is 0 Å². The minimum Gasteiger partial charge on any atom is -0.502 e. The summed E-state index contributed by atoms with van der Waals surface area (Å²) in [5.41, 5.74) is 0.634. The van der Waals surface area contributed by atoms with E-state index < -0.39 is 28.9 Å². The van der Waals surface area contributed by atoms with E-state index in [2.05, 4.69) is 0 Å². The Labute approximate surface area is 195 Å². The maximum absolute atomic E-state index is 15.0. The Hall–Kier alpha value is -4.07. The molecule has 174 valence electrons. The molecule has 5 rings (SSSR count). The van der Waals surface area contributed by atoms with Gasteiger partial charge in [0.25, 0.3) is 5.91 Å². The SMILES string of the molecule is CCC1/C=C/COc2c(F)cccc2C(c2ccccc2)N2CN1C(=O)c1c(O)c(=O)ccn12. The Bertz CT molecular complexity index is 1320. The molecule has 0 spiro atoms. The van der Waals surface area contributed by atoms with Crippen LogP contribution in [0.25, 0.3) is 0 Å². The van der Waals surface area contributed by atoms with E-state index in [1.807, 2.05) is 48.3 Å². The van der Waals surface area contributed by atoms with Gasteiger partial charge in [-0.25, -0.2) is 4.39 Å². The summed E-state index contributed by atoms with van der Waals surface area (Å²) in [5.74, 6) is -1.44. The van der Waals surface area contributed by atoms with Crippen LogP contribution in [0.1, 0.15) is 41.0 Å². The standard InChI is InChI=1S/C26H24FN3O4/c1-2-18-10-7-15-34-25-19(11-6-12-20(25)27)22(17-8-4-3-5-9-17)30-16-28(18)26(33)23-24(32)21(31)13-14-29(23)30/h3-14,18,22,32H,2,15-16H2,1H3/b10-7+. The summed E-state index contributed by atoms with van der Waals surface area (Å²) in [5, 5.41) is 12.5. The van der Waals surface area contributed by atoms with Gasteiger partial charge in [-0.05, 0) is 24.1 Å². The van der Waals surface area contributed by atoms with Gasteiger partial charge >= 0.3 is 0 Å². The van der Waals surface area contributed by atoms with E-state index in [-0.39, 0.29) is 30.8 Å². The number of hydrogen-bond acceptors (Lipinski definition) is 5. The summed E-state index contributed by atoms with van der Waals surface area (Å²) >= 11 is 0. The number of aromatic hydroxyl groups is 1. The summed E-state index contributed by atoms with van der Waals surface area (Å²) in [6.07, 6.45) is 5.68. The zero-order chi connectivity index (χ0) is 23.8. The summed E-state index contributed by atoms with van der Waals surface area (Å²) in [4.78, 5) is 27.4. The smallest absolute Gasteiger partial charge is 0.278 e. The van der Waals surface area contributed by atoms with Crippen molar-refractivity contribution in [2.45, 2.75) is 25.4 Å². The number of aromatic nitrogens is 1. The average Bonchev–Trinajstić information content (AvgIpc) is 2.87. The van der Waals surface area contributed by atoms with Crippen molar-refractivity contribution in [2.24, 2.45) is 0 Å². The van der Waals surface area contributed by atoms with Gasteiger partial charge < -0.3 is 14.7 Å². The molecule has 8 heteroatoms. The summed E-state index contributed by atoms with van der Waals surface area (Å²) in [7, 11) is 0. The molecule has 3 aromatic rings. The van der Waals surface area contributed by atoms with Gasteiger partial charge in [0, 0.05) is 17.8 Å². The van der Waals surface area contributed by atoms with Crippen LogP contribution in [-0.2, 0) is 0 Å². The van der Waals surface area contributed by atoms with Crippen LogP contribution in [0.15, 0.2) is 77.7 Å². The molecule has 1 amide bonds. The molecule has 2 aliphatic rings. The number of benzene rings is 2. The van der Waals surface area contributed by atoms with E-state index in [4.69, 9.17) is 4.74 Å². The van der Waals surface area contributed by atoms with Crippen molar-refractivity contribution >= 4 is 5.91 Å². The number of carbonyl (C=O) groups is 1. The number of fused-ring (bicyclic) bond motifs is 5. The third-order valence-corrected chi connectivity index (χ3v) is 6.30. The highest BCUT2D eigenvalue weighted by molar-refractivity contribution is 5.96. The van der Waals surface area contributed by atoms with Crippen molar-refractivity contribution < 1.29 is 19.0 Å². The zero-order valence-corrected chi connectivity index (χ0v) is 18.6. The van der Waals surface area contributed by atoms with Gasteiger partial charge in [-0.1, -0.05) is 55.5 Å². The van der Waals surface area contributed by atoms with Crippen molar-refractivity contribution in [3.05, 3.63) is 106 Å². The maximum Gasteiger partial charge on any atom is 0.278 e. The van der Waals surface area contributed by atoms with Crippen molar-refractivity contribution in [3.63, 3.8) is 0 Å². The van der Waals surface area contributed by atoms with Gasteiger partial charge in [0.1, 0.15) is 19.3 Å². The Balaban J connectivity index is 1.83. The van der Waals surface area contributed by atoms with Crippen LogP contribution in [0, 0.1) is 5.82 Å². The van der Waals surface area contributed by atoms with Crippen LogP contribution < -0.4 is 15.2 Å². The third-order valence-electron chi connectivity index (χ3n) is 6.30. The van der Waals surface area contributed by atoms with Crippen molar-refractivity contribution in [1.82, 2.24) is 9.58 Å². The lowest BCUT2D eigenvalue weighted by atomic mass is 9.96. The number of para-hydroxylation sites is 1. The van der Waals surface area contributed by atoms with Crippen molar-refractivity contribution in [2.75, 3.05) is 18.3 Å². The van der Waals surface area contributed by atoms with E-state index in [0.29, 0.717) is 12.0 Å². The molecule has 3 heterocycles. The van der Waals surface area contributed by atoms with Gasteiger partial charge in [0.15, 0.2) is 23.0 Å². The minimum atomic E-state index is -0.639. The molecule has 7 nitrogen and oxygen atoms in total. The number of amides is 1. The highest BCUT2D eigenvalue weighted by Gasteiger charge is 2.39. The number of carbonyl (C=O) groups excluding carboxylic acids is 1. The fourth-order valence-corrected chi connectivity index (χ4v) is 4.66. The molecule has 0 fully saturated rings. The highest BCUT2D eigenvalue weighted by Crippen LogP contribution is 2.38. The normalized spacial score (nSPS) is 20.6. The topological polar surface area (TPSA) is 75.0 Å². The molecular weight excluding hydrogens is 437 g/mol. The predicted octanol–water partition coefficient (Wildman–Crippen LogP) is 3.56. The van der Waals surface area contributed by atoms with Crippen LogP contribution in [0.3, 0.4) is 0 Å². The number of hydrogen-bond donors (Lipinski definition) is 1. The molecule has 34 heavy (non-hydrogen) atoms. The van der Waals surface area contributed by atoms with Crippen LogP contribution in [0.4, 0.5) is 4.39 Å². The number of ether oxygens (including phenoxy) is 1. The number of rotatable bonds is 2. The van der Waals surface area contributed by atoms with Crippen molar-refractivity contribution in [1.29, 1.82) is 0 Å². The zero-order valence-electron chi connectivity index (χ0n) is 18.6. The molecule has 0 aliphatic carbocycles. The second-order valence-electron chi connectivity index (χ2n) is 8.26. The molecule has 0 saturated carbocycles. The number of pyridine rings is 1. The molecule has 2 atom stereocenters. The van der Waals surface area contributed by atoms with Crippen LogP contribution >= 0.6 is 0 Å². The Morgan fingerprint density at radius 1 is 1.09 bits per heavy atom.